The Bertz CT molecular complexity index is 344. The molecular weight excluding hydrogens is 241 g/mol. The van der Waals surface area contributed by atoms with Gasteiger partial charge in [0.05, 0.1) is 9.72 Å². The van der Waals surface area contributed by atoms with Crippen molar-refractivity contribution in [3.63, 3.8) is 0 Å². The number of carbonyl (C=O) groups is 1. The van der Waals surface area contributed by atoms with Gasteiger partial charge >= 0.3 is 29.6 Å². The zero-order valence-electron chi connectivity index (χ0n) is 9.56. The number of hydrogen-bond donors (Lipinski definition) is 2. The summed E-state index contributed by atoms with van der Waals surface area (Å²) in [6.45, 7) is 1.86. The number of aromatic nitrogens is 1. The fourth-order valence-electron chi connectivity index (χ4n) is 1.42. The van der Waals surface area contributed by atoms with E-state index in [1.807, 2.05) is 5.01 Å². The molecular formula is C8H12N3NaOS2. The average molecular weight is 253 g/mol. The van der Waals surface area contributed by atoms with E-state index in [0.717, 1.165) is 25.9 Å². The fraction of sp³-hybridized carbons (Fsp3) is 0.500. The van der Waals surface area contributed by atoms with Crippen LogP contribution < -0.4 is 35.0 Å². The topological polar surface area (TPSA) is 45.2 Å². The number of hydrazine groups is 1. The monoisotopic (exact) mass is 253 g/mol. The third-order valence-corrected chi connectivity index (χ3v) is 3.28. The van der Waals surface area contributed by atoms with Gasteiger partial charge in [-0.2, -0.15) is 0 Å². The van der Waals surface area contributed by atoms with Crippen LogP contribution >= 0.6 is 24.0 Å². The predicted octanol–water partition coefficient (Wildman–Crippen LogP) is -1.71. The van der Waals surface area contributed by atoms with Crippen molar-refractivity contribution in [1.82, 2.24) is 15.4 Å². The quantitative estimate of drug-likeness (QED) is 0.487. The van der Waals surface area contributed by atoms with Crippen LogP contribution in [0.2, 0.25) is 0 Å². The Morgan fingerprint density at radius 1 is 1.60 bits per heavy atom. The Hall–Kier alpha value is 0.410. The number of thiazole rings is 1. The first kappa shape index (κ1) is 13.5. The molecule has 15 heavy (non-hydrogen) atoms. The first-order chi connectivity index (χ1) is 6.77. The molecule has 7 heteroatoms. The SMILES string of the molecule is O=C(NN1CCCC1)c1ncsc1S.[H-].[Na+]. The summed E-state index contributed by atoms with van der Waals surface area (Å²) in [6, 6.07) is 0. The van der Waals surface area contributed by atoms with Gasteiger partial charge in [-0.15, -0.1) is 24.0 Å². The molecule has 1 fully saturated rings. The van der Waals surface area contributed by atoms with Crippen LogP contribution in [0, 0.1) is 0 Å². The molecule has 1 aliphatic rings. The van der Waals surface area contributed by atoms with Crippen LogP contribution in [-0.4, -0.2) is 29.0 Å². The maximum Gasteiger partial charge on any atom is 1.00 e. The number of nitrogens with zero attached hydrogens (tertiary/aromatic N) is 2. The van der Waals surface area contributed by atoms with Gasteiger partial charge in [-0.05, 0) is 12.8 Å². The van der Waals surface area contributed by atoms with Crippen LogP contribution in [0.1, 0.15) is 24.8 Å². The maximum atomic E-state index is 11.6. The van der Waals surface area contributed by atoms with Gasteiger partial charge in [0.25, 0.3) is 5.91 Å². The van der Waals surface area contributed by atoms with E-state index in [-0.39, 0.29) is 36.9 Å². The predicted molar refractivity (Wildman–Crippen MR) is 58.8 cm³/mol. The maximum absolute atomic E-state index is 11.6. The van der Waals surface area contributed by atoms with Crippen molar-refractivity contribution in [3.05, 3.63) is 11.2 Å². The molecule has 0 aromatic carbocycles. The Kier molecular flexibility index (Phi) is 5.59. The number of carbonyl (C=O) groups excluding carboxylic acids is 1. The van der Waals surface area contributed by atoms with Crippen molar-refractivity contribution in [2.45, 2.75) is 17.1 Å². The number of hydrogen-bond acceptors (Lipinski definition) is 5. The van der Waals surface area contributed by atoms with Gasteiger partial charge in [0, 0.05) is 13.1 Å². The Morgan fingerprint density at radius 3 is 2.80 bits per heavy atom. The minimum atomic E-state index is -0.154. The Morgan fingerprint density at radius 2 is 2.27 bits per heavy atom. The normalized spacial score (nSPS) is 16.1. The average Bonchev–Trinajstić information content (AvgIpc) is 2.75. The van der Waals surface area contributed by atoms with Crippen molar-refractivity contribution >= 4 is 29.9 Å². The summed E-state index contributed by atoms with van der Waals surface area (Å²) >= 11 is 5.53. The van der Waals surface area contributed by atoms with Crippen LogP contribution in [0.25, 0.3) is 0 Å². The summed E-state index contributed by atoms with van der Waals surface area (Å²) in [7, 11) is 0. The minimum absolute atomic E-state index is 0. The molecule has 4 nitrogen and oxygen atoms in total. The molecule has 2 heterocycles. The van der Waals surface area contributed by atoms with Crippen LogP contribution in [0.4, 0.5) is 0 Å². The van der Waals surface area contributed by atoms with Crippen molar-refractivity contribution in [1.29, 1.82) is 0 Å². The second kappa shape index (κ2) is 6.22. The number of nitrogens with one attached hydrogen (secondary N) is 1. The number of rotatable bonds is 2. The van der Waals surface area contributed by atoms with Gasteiger partial charge in [-0.1, -0.05) is 0 Å². The van der Waals surface area contributed by atoms with E-state index in [4.69, 9.17) is 0 Å². The summed E-state index contributed by atoms with van der Waals surface area (Å²) in [5, 5.41) is 1.93. The van der Waals surface area contributed by atoms with E-state index in [0.29, 0.717) is 9.90 Å². The smallest absolute Gasteiger partial charge is 1.00 e. The third-order valence-electron chi connectivity index (χ3n) is 2.13. The summed E-state index contributed by atoms with van der Waals surface area (Å²) in [5.74, 6) is -0.154. The molecule has 1 saturated heterocycles. The molecule has 0 aliphatic carbocycles. The standard InChI is InChI=1S/C8H11N3OS2.Na.H/c12-7(6-8(13)14-5-9-6)10-11-3-1-2-4-11;;/h5,13H,1-4H2,(H,10,12);;/q;+1;-1. The van der Waals surface area contributed by atoms with Gasteiger partial charge < -0.3 is 1.43 Å². The van der Waals surface area contributed by atoms with Crippen molar-refractivity contribution in [3.8, 4) is 0 Å². The van der Waals surface area contributed by atoms with Crippen LogP contribution in [0.5, 0.6) is 0 Å². The van der Waals surface area contributed by atoms with Crippen molar-refractivity contribution in [2.75, 3.05) is 13.1 Å². The molecule has 1 amide bonds. The molecule has 0 saturated carbocycles. The molecule has 0 unspecified atom stereocenters. The third kappa shape index (κ3) is 3.44. The summed E-state index contributed by atoms with van der Waals surface area (Å²) in [4.78, 5) is 15.6. The van der Waals surface area contributed by atoms with Gasteiger partial charge in [0.1, 0.15) is 0 Å². The Balaban J connectivity index is 0.00000112. The second-order valence-corrected chi connectivity index (χ2v) is 4.75. The molecule has 2 rings (SSSR count). The summed E-state index contributed by atoms with van der Waals surface area (Å²) < 4.78 is 0.668. The van der Waals surface area contributed by atoms with E-state index < -0.39 is 0 Å². The van der Waals surface area contributed by atoms with Crippen LogP contribution in [0.15, 0.2) is 9.72 Å². The van der Waals surface area contributed by atoms with E-state index in [1.54, 1.807) is 5.51 Å². The number of thiol groups is 1. The van der Waals surface area contributed by atoms with E-state index in [9.17, 15) is 4.79 Å². The van der Waals surface area contributed by atoms with Crippen molar-refractivity contribution in [2.24, 2.45) is 0 Å². The van der Waals surface area contributed by atoms with Gasteiger partial charge in [0.15, 0.2) is 5.69 Å². The molecule has 78 valence electrons. The van der Waals surface area contributed by atoms with Crippen LogP contribution in [-0.2, 0) is 0 Å². The molecule has 0 radical (unpaired) electrons. The van der Waals surface area contributed by atoms with E-state index >= 15 is 0 Å². The zero-order valence-corrected chi connectivity index (χ0v) is 12.3. The van der Waals surface area contributed by atoms with Gasteiger partial charge in [-0.3, -0.25) is 10.2 Å². The summed E-state index contributed by atoms with van der Waals surface area (Å²) in [5.41, 5.74) is 4.86. The van der Waals surface area contributed by atoms with Crippen LogP contribution in [0.3, 0.4) is 0 Å². The Labute approximate surface area is 122 Å². The molecule has 1 N–H and O–H groups in total. The minimum Gasteiger partial charge on any atom is -1.00 e. The van der Waals surface area contributed by atoms with Crippen molar-refractivity contribution < 1.29 is 35.8 Å². The molecule has 1 aromatic heterocycles. The first-order valence-electron chi connectivity index (χ1n) is 4.46. The van der Waals surface area contributed by atoms with Gasteiger partial charge in [-0.25, -0.2) is 9.99 Å². The molecule has 0 bridgehead atoms. The summed E-state index contributed by atoms with van der Waals surface area (Å²) in [6.07, 6.45) is 2.29. The number of amides is 1. The van der Waals surface area contributed by atoms with Gasteiger partial charge in [0.2, 0.25) is 0 Å². The molecule has 1 aromatic rings. The van der Waals surface area contributed by atoms with E-state index in [2.05, 4.69) is 23.0 Å². The fourth-order valence-corrected chi connectivity index (χ4v) is 2.24. The molecule has 1 aliphatic heterocycles. The largest absolute Gasteiger partial charge is 1.00 e. The molecule has 0 spiro atoms. The second-order valence-electron chi connectivity index (χ2n) is 3.14. The molecule has 0 atom stereocenters. The first-order valence-corrected chi connectivity index (χ1v) is 5.78. The van der Waals surface area contributed by atoms with E-state index in [1.165, 1.54) is 11.3 Å². The zero-order chi connectivity index (χ0) is 9.97.